The standard InChI is InChI=1S/C21H15ClF2N4O/c1-12-18-19(22)17(21(29)26-10-13-2-4-14(23)5-3-13)11-25-20(18)28(27-12)16-8-6-15(24)7-9-16/h2-9,11H,10H2,1H3,(H,26,29). The van der Waals surface area contributed by atoms with Crippen LogP contribution in [0.5, 0.6) is 0 Å². The van der Waals surface area contributed by atoms with Gasteiger partial charge in [0.1, 0.15) is 11.6 Å². The number of aryl methyl sites for hydroxylation is 1. The molecule has 8 heteroatoms. The normalized spacial score (nSPS) is 11.0. The molecule has 146 valence electrons. The summed E-state index contributed by atoms with van der Waals surface area (Å²) in [5.74, 6) is -1.10. The summed E-state index contributed by atoms with van der Waals surface area (Å²) in [5.41, 5.74) is 2.65. The number of hydrogen-bond donors (Lipinski definition) is 1. The lowest BCUT2D eigenvalue weighted by molar-refractivity contribution is 0.0951. The first-order valence-electron chi connectivity index (χ1n) is 8.76. The van der Waals surface area contributed by atoms with Gasteiger partial charge in [0.15, 0.2) is 5.65 Å². The Kier molecular flexibility index (Phi) is 4.98. The Morgan fingerprint density at radius 3 is 2.34 bits per heavy atom. The van der Waals surface area contributed by atoms with Crippen molar-refractivity contribution in [1.29, 1.82) is 0 Å². The SMILES string of the molecule is Cc1nn(-c2ccc(F)cc2)c2ncc(C(=O)NCc3ccc(F)cc3)c(Cl)c12. The Morgan fingerprint density at radius 2 is 1.69 bits per heavy atom. The molecule has 0 aliphatic heterocycles. The van der Waals surface area contributed by atoms with Crippen LogP contribution >= 0.6 is 11.6 Å². The third-order valence-electron chi connectivity index (χ3n) is 4.49. The van der Waals surface area contributed by atoms with E-state index in [0.29, 0.717) is 22.4 Å². The van der Waals surface area contributed by atoms with E-state index < -0.39 is 5.91 Å². The second-order valence-corrected chi connectivity index (χ2v) is 6.85. The van der Waals surface area contributed by atoms with Gasteiger partial charge in [0.25, 0.3) is 5.91 Å². The van der Waals surface area contributed by atoms with Crippen LogP contribution in [0.4, 0.5) is 8.78 Å². The number of nitrogens with zero attached hydrogens (tertiary/aromatic N) is 3. The molecule has 2 aromatic heterocycles. The highest BCUT2D eigenvalue weighted by atomic mass is 35.5. The quantitative estimate of drug-likeness (QED) is 0.533. The monoisotopic (exact) mass is 412 g/mol. The Labute approximate surface area is 169 Å². The maximum absolute atomic E-state index is 13.2. The summed E-state index contributed by atoms with van der Waals surface area (Å²) in [7, 11) is 0. The predicted molar refractivity (Wildman–Crippen MR) is 106 cm³/mol. The van der Waals surface area contributed by atoms with E-state index in [-0.39, 0.29) is 28.8 Å². The van der Waals surface area contributed by atoms with Crippen molar-refractivity contribution in [3.63, 3.8) is 0 Å². The maximum atomic E-state index is 13.2. The van der Waals surface area contributed by atoms with E-state index in [9.17, 15) is 13.6 Å². The lowest BCUT2D eigenvalue weighted by Gasteiger charge is -2.08. The third kappa shape index (κ3) is 3.69. The van der Waals surface area contributed by atoms with Crippen molar-refractivity contribution in [3.8, 4) is 5.69 Å². The molecule has 1 amide bonds. The first-order valence-corrected chi connectivity index (χ1v) is 9.14. The van der Waals surface area contributed by atoms with E-state index in [0.717, 1.165) is 5.56 Å². The minimum absolute atomic E-state index is 0.211. The Morgan fingerprint density at radius 1 is 1.07 bits per heavy atom. The molecule has 2 heterocycles. The third-order valence-corrected chi connectivity index (χ3v) is 4.88. The number of benzene rings is 2. The van der Waals surface area contributed by atoms with Crippen molar-refractivity contribution >= 4 is 28.5 Å². The summed E-state index contributed by atoms with van der Waals surface area (Å²) in [6.07, 6.45) is 1.38. The van der Waals surface area contributed by atoms with Gasteiger partial charge >= 0.3 is 0 Å². The molecular weight excluding hydrogens is 398 g/mol. The molecular formula is C21H15ClF2N4O. The summed E-state index contributed by atoms with van der Waals surface area (Å²) in [5, 5.41) is 7.96. The lowest BCUT2D eigenvalue weighted by atomic mass is 10.1. The first-order chi connectivity index (χ1) is 13.9. The molecule has 0 unspecified atom stereocenters. The number of pyridine rings is 1. The number of carbonyl (C=O) groups excluding carboxylic acids is 1. The highest BCUT2D eigenvalue weighted by Gasteiger charge is 2.20. The Hall–Kier alpha value is -3.32. The van der Waals surface area contributed by atoms with Gasteiger partial charge in [-0.05, 0) is 48.9 Å². The van der Waals surface area contributed by atoms with Crippen LogP contribution in [0.3, 0.4) is 0 Å². The maximum Gasteiger partial charge on any atom is 0.254 e. The summed E-state index contributed by atoms with van der Waals surface area (Å²) in [6, 6.07) is 11.7. The highest BCUT2D eigenvalue weighted by molar-refractivity contribution is 6.38. The number of aromatic nitrogens is 3. The Bertz CT molecular complexity index is 1200. The fourth-order valence-electron chi connectivity index (χ4n) is 3.01. The highest BCUT2D eigenvalue weighted by Crippen LogP contribution is 2.30. The van der Waals surface area contributed by atoms with Crippen LogP contribution in [0.15, 0.2) is 54.7 Å². The van der Waals surface area contributed by atoms with Crippen molar-refractivity contribution in [2.75, 3.05) is 0 Å². The minimum atomic E-state index is -0.400. The molecule has 5 nitrogen and oxygen atoms in total. The van der Waals surface area contributed by atoms with E-state index in [1.54, 1.807) is 35.9 Å². The molecule has 0 saturated carbocycles. The molecule has 0 atom stereocenters. The molecule has 0 radical (unpaired) electrons. The van der Waals surface area contributed by atoms with E-state index in [2.05, 4.69) is 15.4 Å². The minimum Gasteiger partial charge on any atom is -0.348 e. The fraction of sp³-hybridized carbons (Fsp3) is 0.0952. The van der Waals surface area contributed by atoms with Crippen LogP contribution in [0.1, 0.15) is 21.6 Å². The van der Waals surface area contributed by atoms with E-state index in [1.165, 1.54) is 30.5 Å². The van der Waals surface area contributed by atoms with Crippen LogP contribution in [0, 0.1) is 18.6 Å². The van der Waals surface area contributed by atoms with E-state index >= 15 is 0 Å². The predicted octanol–water partition coefficient (Wildman–Crippen LogP) is 4.59. The Balaban J connectivity index is 1.65. The van der Waals surface area contributed by atoms with Crippen LogP contribution in [0.25, 0.3) is 16.7 Å². The molecule has 0 aliphatic rings. The second-order valence-electron chi connectivity index (χ2n) is 6.47. The van der Waals surface area contributed by atoms with Gasteiger partial charge < -0.3 is 5.32 Å². The zero-order chi connectivity index (χ0) is 20.5. The molecule has 0 aliphatic carbocycles. The van der Waals surface area contributed by atoms with Crippen molar-refractivity contribution in [3.05, 3.63) is 88.2 Å². The topological polar surface area (TPSA) is 59.8 Å². The smallest absolute Gasteiger partial charge is 0.254 e. The molecule has 0 saturated heterocycles. The van der Waals surface area contributed by atoms with Gasteiger partial charge in [0.2, 0.25) is 0 Å². The molecule has 0 bridgehead atoms. The average molecular weight is 413 g/mol. The zero-order valence-electron chi connectivity index (χ0n) is 15.3. The van der Waals surface area contributed by atoms with Crippen LogP contribution < -0.4 is 5.32 Å². The van der Waals surface area contributed by atoms with Crippen LogP contribution in [0.2, 0.25) is 5.02 Å². The molecule has 1 N–H and O–H groups in total. The van der Waals surface area contributed by atoms with Crippen LogP contribution in [-0.4, -0.2) is 20.7 Å². The number of fused-ring (bicyclic) bond motifs is 1. The molecule has 2 aromatic carbocycles. The molecule has 0 spiro atoms. The summed E-state index contributed by atoms with van der Waals surface area (Å²) in [4.78, 5) is 17.0. The fourth-order valence-corrected chi connectivity index (χ4v) is 3.36. The van der Waals surface area contributed by atoms with E-state index in [1.807, 2.05) is 0 Å². The van der Waals surface area contributed by atoms with Gasteiger partial charge in [-0.15, -0.1) is 0 Å². The zero-order valence-corrected chi connectivity index (χ0v) is 16.0. The van der Waals surface area contributed by atoms with Crippen molar-refractivity contribution in [1.82, 2.24) is 20.1 Å². The molecule has 4 rings (SSSR count). The number of hydrogen-bond acceptors (Lipinski definition) is 3. The second kappa shape index (κ2) is 7.60. The molecule has 29 heavy (non-hydrogen) atoms. The van der Waals surface area contributed by atoms with Gasteiger partial charge in [-0.25, -0.2) is 18.4 Å². The van der Waals surface area contributed by atoms with Crippen LogP contribution in [-0.2, 0) is 6.54 Å². The van der Waals surface area contributed by atoms with Crippen molar-refractivity contribution in [2.24, 2.45) is 0 Å². The molecule has 0 fully saturated rings. The largest absolute Gasteiger partial charge is 0.348 e. The number of nitrogens with one attached hydrogen (secondary N) is 1. The van der Waals surface area contributed by atoms with Crippen molar-refractivity contribution in [2.45, 2.75) is 13.5 Å². The van der Waals surface area contributed by atoms with Gasteiger partial charge in [-0.3, -0.25) is 4.79 Å². The number of carbonyl (C=O) groups is 1. The van der Waals surface area contributed by atoms with E-state index in [4.69, 9.17) is 11.6 Å². The summed E-state index contributed by atoms with van der Waals surface area (Å²) < 4.78 is 27.8. The number of rotatable bonds is 4. The molecule has 4 aromatic rings. The van der Waals surface area contributed by atoms with Gasteiger partial charge in [-0.1, -0.05) is 23.7 Å². The van der Waals surface area contributed by atoms with Gasteiger partial charge in [0, 0.05) is 12.7 Å². The van der Waals surface area contributed by atoms with Gasteiger partial charge in [-0.2, -0.15) is 5.10 Å². The number of halogens is 3. The average Bonchev–Trinajstić information content (AvgIpc) is 3.05. The number of amides is 1. The van der Waals surface area contributed by atoms with Gasteiger partial charge in [0.05, 0.1) is 27.4 Å². The summed E-state index contributed by atoms with van der Waals surface area (Å²) in [6.45, 7) is 1.98. The first kappa shape index (κ1) is 19.0. The van der Waals surface area contributed by atoms with Crippen molar-refractivity contribution < 1.29 is 13.6 Å². The lowest BCUT2D eigenvalue weighted by Crippen LogP contribution is -2.23. The summed E-state index contributed by atoms with van der Waals surface area (Å²) >= 11 is 6.51.